The minimum absolute atomic E-state index is 0.0398. The molecule has 0 aromatic carbocycles. The van der Waals surface area contributed by atoms with E-state index in [0.29, 0.717) is 0 Å². The Morgan fingerprint density at radius 2 is 1.88 bits per heavy atom. The average molecular weight is 342 g/mol. The van der Waals surface area contributed by atoms with Crippen LogP contribution in [-0.4, -0.2) is 36.7 Å². The molecular weight excluding hydrogens is 320 g/mol. The Bertz CT molecular complexity index is 759. The molecule has 2 aliphatic carbocycles. The van der Waals surface area contributed by atoms with Crippen LogP contribution >= 0.6 is 0 Å². The van der Waals surface area contributed by atoms with Gasteiger partial charge in [-0.1, -0.05) is 44.5 Å². The predicted octanol–water partition coefficient (Wildman–Crippen LogP) is 2.15. The monoisotopic (exact) mass is 342 g/mol. The van der Waals surface area contributed by atoms with E-state index in [1.807, 2.05) is 13.1 Å². The maximum absolute atomic E-state index is 13.1. The summed E-state index contributed by atoms with van der Waals surface area (Å²) in [6, 6.07) is 0. The van der Waals surface area contributed by atoms with Crippen LogP contribution in [-0.2, 0) is 14.0 Å². The molecule has 2 rings (SSSR count). The molecule has 0 aliphatic heterocycles. The van der Waals surface area contributed by atoms with Crippen LogP contribution in [0.15, 0.2) is 23.8 Å². The van der Waals surface area contributed by atoms with Gasteiger partial charge in [-0.25, -0.2) is 0 Å². The van der Waals surface area contributed by atoms with Crippen molar-refractivity contribution in [2.24, 2.45) is 0 Å². The highest BCUT2D eigenvalue weighted by atomic mass is 28.4. The Labute approximate surface area is 144 Å². The molecule has 1 N–H and O–H groups in total. The average Bonchev–Trinajstić information content (AvgIpc) is 2.43. The second-order valence-corrected chi connectivity index (χ2v) is 12.3. The maximum atomic E-state index is 13.1. The number of Topliss-reactive ketones (excluding diaryl/α,β-unsaturated/α-hetero) is 1. The topological polar surface area (TPSA) is 63.6 Å². The molecule has 0 unspecified atom stereocenters. The van der Waals surface area contributed by atoms with Gasteiger partial charge in [0, 0.05) is 5.57 Å². The number of aliphatic hydroxyl groups excluding tert-OH is 1. The Morgan fingerprint density at radius 3 is 2.50 bits per heavy atom. The van der Waals surface area contributed by atoms with Crippen LogP contribution in [0.2, 0.25) is 18.1 Å². The van der Waals surface area contributed by atoms with E-state index in [9.17, 15) is 14.7 Å². The fraction of sp³-hybridized carbons (Fsp3) is 0.474. The molecule has 0 amide bonds. The number of aliphatic hydroxyl groups is 1. The first-order chi connectivity index (χ1) is 11.0. The molecule has 0 saturated carbocycles. The standard InChI is InChI=1S/C19H22O4Si/c1-18(2,3)24(4,5)23-19-11-9-7-6-8-10-16(21)15(17(19)22)12-14(20)13-19/h6-7,12,16,21H,13H2,1-5H3/b7-6-/t16-,19-/m1/s1. The van der Waals surface area contributed by atoms with E-state index in [2.05, 4.69) is 44.5 Å². The number of hydrogen-bond donors (Lipinski definition) is 1. The van der Waals surface area contributed by atoms with Crippen LogP contribution in [0.5, 0.6) is 0 Å². The summed E-state index contributed by atoms with van der Waals surface area (Å²) in [6.07, 6.45) is 2.71. The summed E-state index contributed by atoms with van der Waals surface area (Å²) in [6.45, 7) is 10.2. The number of allylic oxidation sites excluding steroid dienone is 3. The normalized spacial score (nSPS) is 28.1. The highest BCUT2D eigenvalue weighted by Crippen LogP contribution is 2.41. The van der Waals surface area contributed by atoms with Crippen molar-refractivity contribution >= 4 is 19.9 Å². The van der Waals surface area contributed by atoms with E-state index in [0.717, 1.165) is 0 Å². The molecule has 0 aromatic rings. The van der Waals surface area contributed by atoms with Gasteiger partial charge in [-0.05, 0) is 36.4 Å². The molecule has 5 heteroatoms. The summed E-state index contributed by atoms with van der Waals surface area (Å²) in [5.41, 5.74) is -1.59. The Hall–Kier alpha value is -1.92. The fourth-order valence-electron chi connectivity index (χ4n) is 2.30. The van der Waals surface area contributed by atoms with Gasteiger partial charge in [-0.3, -0.25) is 9.59 Å². The molecule has 0 aromatic heterocycles. The molecule has 0 spiro atoms. The Morgan fingerprint density at radius 1 is 1.25 bits per heavy atom. The van der Waals surface area contributed by atoms with Crippen molar-refractivity contribution in [2.45, 2.75) is 57.0 Å². The lowest BCUT2D eigenvalue weighted by atomic mass is 9.81. The molecule has 0 radical (unpaired) electrons. The molecule has 2 atom stereocenters. The number of ketones is 2. The van der Waals surface area contributed by atoms with E-state index < -0.39 is 25.8 Å². The van der Waals surface area contributed by atoms with Crippen LogP contribution in [0.1, 0.15) is 27.2 Å². The van der Waals surface area contributed by atoms with Gasteiger partial charge < -0.3 is 9.53 Å². The van der Waals surface area contributed by atoms with E-state index in [-0.39, 0.29) is 22.8 Å². The molecule has 4 nitrogen and oxygen atoms in total. The zero-order valence-corrected chi connectivity index (χ0v) is 15.7. The van der Waals surface area contributed by atoms with Gasteiger partial charge in [0.1, 0.15) is 6.10 Å². The molecular formula is C19H22O4Si. The summed E-state index contributed by atoms with van der Waals surface area (Å²) in [7, 11) is -2.39. The van der Waals surface area contributed by atoms with Gasteiger partial charge in [0.15, 0.2) is 19.7 Å². The number of carbonyl (C=O) groups excluding carboxylic acids is 2. The predicted molar refractivity (Wildman–Crippen MR) is 94.4 cm³/mol. The summed E-state index contributed by atoms with van der Waals surface area (Å²) >= 11 is 0. The molecule has 126 valence electrons. The number of fused-ring (bicyclic) bond motifs is 2. The van der Waals surface area contributed by atoms with E-state index in [4.69, 9.17) is 4.43 Å². The first kappa shape index (κ1) is 18.4. The molecule has 0 saturated heterocycles. The van der Waals surface area contributed by atoms with Gasteiger partial charge in [-0.2, -0.15) is 0 Å². The van der Waals surface area contributed by atoms with Gasteiger partial charge in [-0.15, -0.1) is 0 Å². The van der Waals surface area contributed by atoms with Crippen molar-refractivity contribution in [2.75, 3.05) is 0 Å². The zero-order valence-electron chi connectivity index (χ0n) is 14.7. The lowest BCUT2D eigenvalue weighted by Gasteiger charge is -2.43. The summed E-state index contributed by atoms with van der Waals surface area (Å²) in [5.74, 6) is 10.0. The van der Waals surface area contributed by atoms with Gasteiger partial charge >= 0.3 is 0 Å². The van der Waals surface area contributed by atoms with Crippen LogP contribution in [0.3, 0.4) is 0 Å². The Balaban J connectivity index is 2.61. The summed E-state index contributed by atoms with van der Waals surface area (Å²) < 4.78 is 6.33. The van der Waals surface area contributed by atoms with Crippen molar-refractivity contribution in [3.05, 3.63) is 23.8 Å². The van der Waals surface area contributed by atoms with E-state index >= 15 is 0 Å². The third kappa shape index (κ3) is 3.44. The van der Waals surface area contributed by atoms with Crippen LogP contribution in [0.4, 0.5) is 0 Å². The van der Waals surface area contributed by atoms with Gasteiger partial charge in [0.2, 0.25) is 5.78 Å². The van der Waals surface area contributed by atoms with Gasteiger partial charge in [0.05, 0.1) is 6.42 Å². The van der Waals surface area contributed by atoms with E-state index in [1.165, 1.54) is 18.2 Å². The quantitative estimate of drug-likeness (QED) is 0.617. The largest absolute Gasteiger partial charge is 0.394 e. The maximum Gasteiger partial charge on any atom is 0.206 e. The molecule has 0 fully saturated rings. The van der Waals surface area contributed by atoms with Crippen molar-refractivity contribution in [3.8, 4) is 23.7 Å². The third-order valence-electron chi connectivity index (χ3n) is 4.64. The number of hydrogen-bond acceptors (Lipinski definition) is 4. The third-order valence-corrected chi connectivity index (χ3v) is 9.11. The molecule has 2 aliphatic rings. The number of rotatable bonds is 2. The smallest absolute Gasteiger partial charge is 0.206 e. The van der Waals surface area contributed by atoms with Crippen molar-refractivity contribution in [1.82, 2.24) is 0 Å². The first-order valence-electron chi connectivity index (χ1n) is 7.85. The second-order valence-electron chi connectivity index (χ2n) is 7.56. The first-order valence-corrected chi connectivity index (χ1v) is 10.8. The lowest BCUT2D eigenvalue weighted by Crippen LogP contribution is -2.56. The highest BCUT2D eigenvalue weighted by Gasteiger charge is 2.52. The summed E-state index contributed by atoms with van der Waals surface area (Å²) in [5, 5.41) is 10.0. The van der Waals surface area contributed by atoms with Crippen LogP contribution in [0.25, 0.3) is 0 Å². The van der Waals surface area contributed by atoms with Crippen molar-refractivity contribution in [3.63, 3.8) is 0 Å². The van der Waals surface area contributed by atoms with Crippen molar-refractivity contribution < 1.29 is 19.1 Å². The molecule has 2 bridgehead atoms. The molecule has 0 heterocycles. The van der Waals surface area contributed by atoms with Crippen molar-refractivity contribution in [1.29, 1.82) is 0 Å². The van der Waals surface area contributed by atoms with E-state index in [1.54, 1.807) is 0 Å². The number of carbonyl (C=O) groups is 2. The van der Waals surface area contributed by atoms with Crippen LogP contribution in [0, 0.1) is 23.7 Å². The SMILES string of the molecule is CC(C)(C)[Si](C)(C)O[C@]12C#C/C=C\C#C[C@@H](O)C(=CC(=O)C1)C2=O. The lowest BCUT2D eigenvalue weighted by molar-refractivity contribution is -0.134. The minimum Gasteiger partial charge on any atom is -0.394 e. The molecule has 24 heavy (non-hydrogen) atoms. The Kier molecular flexibility index (Phi) is 4.74. The van der Waals surface area contributed by atoms with Gasteiger partial charge in [0.25, 0.3) is 0 Å². The minimum atomic E-state index is -2.39. The second kappa shape index (κ2) is 6.18. The van der Waals surface area contributed by atoms with Crippen LogP contribution < -0.4 is 0 Å². The fourth-order valence-corrected chi connectivity index (χ4v) is 3.69. The zero-order chi connectivity index (χ0) is 18.2. The highest BCUT2D eigenvalue weighted by molar-refractivity contribution is 6.74. The summed E-state index contributed by atoms with van der Waals surface area (Å²) in [4.78, 5) is 25.3.